The van der Waals surface area contributed by atoms with Gasteiger partial charge in [-0.3, -0.25) is 9.55 Å². The first-order chi connectivity index (χ1) is 15.2. The van der Waals surface area contributed by atoms with Gasteiger partial charge in [-0.2, -0.15) is 13.2 Å². The molecule has 0 unspecified atom stereocenters. The molecule has 32 heavy (non-hydrogen) atoms. The molecule has 2 aromatic heterocycles. The van der Waals surface area contributed by atoms with Gasteiger partial charge in [-0.05, 0) is 41.5 Å². The number of hydrogen-bond donors (Lipinski definition) is 0. The van der Waals surface area contributed by atoms with Gasteiger partial charge in [0.1, 0.15) is 5.82 Å². The zero-order valence-electron chi connectivity index (χ0n) is 16.9. The van der Waals surface area contributed by atoms with Crippen molar-refractivity contribution in [3.05, 3.63) is 84.9 Å². The smallest absolute Gasteiger partial charge is 0.300 e. The van der Waals surface area contributed by atoms with Crippen LogP contribution in [0.1, 0.15) is 12.5 Å². The molecule has 0 spiro atoms. The minimum absolute atomic E-state index is 0.00700. The van der Waals surface area contributed by atoms with E-state index in [9.17, 15) is 21.6 Å². The van der Waals surface area contributed by atoms with Gasteiger partial charge in [0.15, 0.2) is 9.84 Å². The Morgan fingerprint density at radius 1 is 0.969 bits per heavy atom. The largest absolute Gasteiger partial charge is 0.417 e. The summed E-state index contributed by atoms with van der Waals surface area (Å²) in [7, 11) is -3.33. The van der Waals surface area contributed by atoms with Crippen molar-refractivity contribution in [2.45, 2.75) is 18.0 Å². The number of benzene rings is 2. The SMILES string of the molecule is CCS(=O)(=O)c1cccc(-c2ccc(-n3ccnc3-c3cnccc3C(F)(F)F)cc2)c1. The van der Waals surface area contributed by atoms with Crippen molar-refractivity contribution in [3.63, 3.8) is 0 Å². The molecule has 0 N–H and O–H groups in total. The Morgan fingerprint density at radius 3 is 2.41 bits per heavy atom. The van der Waals surface area contributed by atoms with Crippen molar-refractivity contribution in [2.24, 2.45) is 0 Å². The zero-order chi connectivity index (χ0) is 22.9. The Balaban J connectivity index is 1.72. The fourth-order valence-electron chi connectivity index (χ4n) is 3.38. The molecular formula is C23H18F3N3O2S. The van der Waals surface area contributed by atoms with E-state index in [4.69, 9.17) is 0 Å². The average molecular weight is 457 g/mol. The summed E-state index contributed by atoms with van der Waals surface area (Å²) >= 11 is 0. The number of nitrogens with zero attached hydrogens (tertiary/aromatic N) is 3. The fourth-order valence-corrected chi connectivity index (χ4v) is 4.31. The highest BCUT2D eigenvalue weighted by Crippen LogP contribution is 2.36. The molecule has 4 rings (SSSR count). The highest BCUT2D eigenvalue weighted by molar-refractivity contribution is 7.91. The van der Waals surface area contributed by atoms with E-state index in [0.717, 1.165) is 29.6 Å². The van der Waals surface area contributed by atoms with Crippen LogP contribution in [-0.4, -0.2) is 28.7 Å². The lowest BCUT2D eigenvalue weighted by Crippen LogP contribution is -2.09. The number of sulfone groups is 1. The molecule has 5 nitrogen and oxygen atoms in total. The highest BCUT2D eigenvalue weighted by Gasteiger charge is 2.34. The number of halogens is 3. The standard InChI is InChI=1S/C23H18F3N3O2S/c1-2-32(30,31)19-5-3-4-17(14-19)16-6-8-18(9-7-16)29-13-12-28-22(29)20-15-27-11-10-21(20)23(24,25)26/h3-15H,2H2,1H3. The van der Waals surface area contributed by atoms with Gasteiger partial charge in [0, 0.05) is 36.0 Å². The Labute approximate surface area is 183 Å². The number of hydrogen-bond acceptors (Lipinski definition) is 4. The van der Waals surface area contributed by atoms with Crippen molar-refractivity contribution in [3.8, 4) is 28.2 Å². The van der Waals surface area contributed by atoms with E-state index >= 15 is 0 Å². The second-order valence-electron chi connectivity index (χ2n) is 7.02. The Hall–Kier alpha value is -3.46. The van der Waals surface area contributed by atoms with E-state index in [-0.39, 0.29) is 22.0 Å². The maximum absolute atomic E-state index is 13.4. The van der Waals surface area contributed by atoms with Crippen LogP contribution >= 0.6 is 0 Å². The second-order valence-corrected chi connectivity index (χ2v) is 9.30. The highest BCUT2D eigenvalue weighted by atomic mass is 32.2. The molecule has 0 saturated carbocycles. The molecule has 0 saturated heterocycles. The summed E-state index contributed by atoms with van der Waals surface area (Å²) in [5, 5.41) is 0. The molecule has 0 fully saturated rings. The van der Waals surface area contributed by atoms with E-state index in [1.807, 2.05) is 0 Å². The number of aromatic nitrogens is 3. The van der Waals surface area contributed by atoms with Gasteiger partial charge in [-0.1, -0.05) is 31.2 Å². The lowest BCUT2D eigenvalue weighted by molar-refractivity contribution is -0.137. The van der Waals surface area contributed by atoms with Crippen molar-refractivity contribution in [1.82, 2.24) is 14.5 Å². The predicted molar refractivity (Wildman–Crippen MR) is 115 cm³/mol. The number of rotatable bonds is 5. The molecular weight excluding hydrogens is 439 g/mol. The molecule has 164 valence electrons. The summed E-state index contributed by atoms with van der Waals surface area (Å²) < 4.78 is 66.2. The van der Waals surface area contributed by atoms with E-state index in [1.165, 1.54) is 6.20 Å². The van der Waals surface area contributed by atoms with E-state index in [1.54, 1.807) is 66.2 Å². The van der Waals surface area contributed by atoms with Gasteiger partial charge < -0.3 is 0 Å². The van der Waals surface area contributed by atoms with Crippen molar-refractivity contribution < 1.29 is 21.6 Å². The van der Waals surface area contributed by atoms with Crippen LogP contribution in [0.3, 0.4) is 0 Å². The van der Waals surface area contributed by atoms with Crippen LogP contribution in [-0.2, 0) is 16.0 Å². The van der Waals surface area contributed by atoms with E-state index in [2.05, 4.69) is 9.97 Å². The maximum atomic E-state index is 13.4. The molecule has 2 aromatic carbocycles. The van der Waals surface area contributed by atoms with Gasteiger partial charge in [0.25, 0.3) is 0 Å². The third-order valence-electron chi connectivity index (χ3n) is 5.06. The first-order valence-electron chi connectivity index (χ1n) is 9.69. The Bertz CT molecular complexity index is 1360. The number of pyridine rings is 1. The topological polar surface area (TPSA) is 64.8 Å². The van der Waals surface area contributed by atoms with Crippen LogP contribution in [0.5, 0.6) is 0 Å². The normalized spacial score (nSPS) is 12.1. The quantitative estimate of drug-likeness (QED) is 0.402. The zero-order valence-corrected chi connectivity index (χ0v) is 17.7. The lowest BCUT2D eigenvalue weighted by atomic mass is 10.1. The minimum atomic E-state index is -4.54. The molecule has 0 aliphatic rings. The third kappa shape index (κ3) is 4.16. The van der Waals surface area contributed by atoms with Gasteiger partial charge in [0.05, 0.1) is 16.2 Å². The van der Waals surface area contributed by atoms with Crippen LogP contribution in [0.25, 0.3) is 28.2 Å². The van der Waals surface area contributed by atoms with Crippen LogP contribution in [0, 0.1) is 0 Å². The monoisotopic (exact) mass is 457 g/mol. The summed E-state index contributed by atoms with van der Waals surface area (Å²) in [5.74, 6) is 0.127. The van der Waals surface area contributed by atoms with Gasteiger partial charge in [-0.15, -0.1) is 0 Å². The minimum Gasteiger partial charge on any atom is -0.300 e. The van der Waals surface area contributed by atoms with Crippen molar-refractivity contribution >= 4 is 9.84 Å². The average Bonchev–Trinajstić information content (AvgIpc) is 3.28. The van der Waals surface area contributed by atoms with Crippen LogP contribution in [0.2, 0.25) is 0 Å². The summed E-state index contributed by atoms with van der Waals surface area (Å²) in [4.78, 5) is 8.20. The molecule has 0 radical (unpaired) electrons. The fraction of sp³-hybridized carbons (Fsp3) is 0.130. The van der Waals surface area contributed by atoms with Gasteiger partial charge in [0.2, 0.25) is 0 Å². The first-order valence-corrected chi connectivity index (χ1v) is 11.3. The Kier molecular flexibility index (Phi) is 5.60. The molecule has 2 heterocycles. The molecule has 0 atom stereocenters. The molecule has 0 amide bonds. The first kappa shape index (κ1) is 21.8. The van der Waals surface area contributed by atoms with E-state index < -0.39 is 21.6 Å². The third-order valence-corrected chi connectivity index (χ3v) is 6.79. The van der Waals surface area contributed by atoms with Crippen LogP contribution < -0.4 is 0 Å². The van der Waals surface area contributed by atoms with E-state index in [0.29, 0.717) is 5.69 Å². The Morgan fingerprint density at radius 2 is 1.72 bits per heavy atom. The molecule has 9 heteroatoms. The predicted octanol–water partition coefficient (Wildman–Crippen LogP) is 5.41. The summed E-state index contributed by atoms with van der Waals surface area (Å²) in [6.07, 6.45) is 0.709. The maximum Gasteiger partial charge on any atom is 0.417 e. The number of alkyl halides is 3. The molecule has 0 aliphatic carbocycles. The molecule has 0 aliphatic heterocycles. The lowest BCUT2D eigenvalue weighted by Gasteiger charge is -2.14. The summed E-state index contributed by atoms with van der Waals surface area (Å²) in [6.45, 7) is 1.59. The van der Waals surface area contributed by atoms with Gasteiger partial charge >= 0.3 is 6.18 Å². The summed E-state index contributed by atoms with van der Waals surface area (Å²) in [5.41, 5.74) is 1.18. The summed E-state index contributed by atoms with van der Waals surface area (Å²) in [6, 6.07) is 14.6. The number of imidazole rings is 1. The van der Waals surface area contributed by atoms with Crippen molar-refractivity contribution in [1.29, 1.82) is 0 Å². The second kappa shape index (κ2) is 8.23. The molecule has 0 bridgehead atoms. The van der Waals surface area contributed by atoms with Crippen molar-refractivity contribution in [2.75, 3.05) is 5.75 Å². The van der Waals surface area contributed by atoms with Crippen LogP contribution in [0.15, 0.2) is 84.3 Å². The van der Waals surface area contributed by atoms with Crippen LogP contribution in [0.4, 0.5) is 13.2 Å². The van der Waals surface area contributed by atoms with Gasteiger partial charge in [-0.25, -0.2) is 13.4 Å². The molecule has 4 aromatic rings.